The number of hydrogen-bond donors (Lipinski definition) is 2. The van der Waals surface area contributed by atoms with Crippen molar-refractivity contribution in [1.82, 2.24) is 5.32 Å². The van der Waals surface area contributed by atoms with Gasteiger partial charge in [-0.15, -0.1) is 0 Å². The van der Waals surface area contributed by atoms with E-state index in [1.54, 1.807) is 0 Å². The fourth-order valence-corrected chi connectivity index (χ4v) is 1.41. The van der Waals surface area contributed by atoms with Crippen molar-refractivity contribution in [3.63, 3.8) is 0 Å². The lowest BCUT2D eigenvalue weighted by Crippen LogP contribution is -2.26. The van der Waals surface area contributed by atoms with Crippen molar-refractivity contribution in [1.29, 1.82) is 0 Å². The highest BCUT2D eigenvalue weighted by molar-refractivity contribution is 6.30. The van der Waals surface area contributed by atoms with E-state index in [-0.39, 0.29) is 24.0 Å². The molecule has 1 amide bonds. The molecule has 16 heavy (non-hydrogen) atoms. The van der Waals surface area contributed by atoms with Crippen LogP contribution < -0.4 is 5.32 Å². The third kappa shape index (κ3) is 4.16. The van der Waals surface area contributed by atoms with Crippen LogP contribution in [0.1, 0.15) is 12.0 Å². The fourth-order valence-electron chi connectivity index (χ4n) is 1.20. The minimum atomic E-state index is -0.494. The van der Waals surface area contributed by atoms with Crippen LogP contribution in [0, 0.1) is 5.82 Å². The van der Waals surface area contributed by atoms with Crippen molar-refractivity contribution >= 4 is 17.5 Å². The largest absolute Gasteiger partial charge is 0.396 e. The van der Waals surface area contributed by atoms with E-state index in [0.29, 0.717) is 18.5 Å². The number of carbonyl (C=O) groups is 1. The van der Waals surface area contributed by atoms with Crippen molar-refractivity contribution in [2.24, 2.45) is 0 Å². The molecule has 1 rings (SSSR count). The van der Waals surface area contributed by atoms with Gasteiger partial charge < -0.3 is 10.4 Å². The van der Waals surface area contributed by atoms with Gasteiger partial charge in [-0.05, 0) is 24.1 Å². The van der Waals surface area contributed by atoms with E-state index in [1.165, 1.54) is 18.2 Å². The van der Waals surface area contributed by atoms with Crippen LogP contribution in [0.3, 0.4) is 0 Å². The molecule has 0 saturated carbocycles. The van der Waals surface area contributed by atoms with Gasteiger partial charge in [-0.3, -0.25) is 4.79 Å². The first-order chi connectivity index (χ1) is 7.63. The van der Waals surface area contributed by atoms with Gasteiger partial charge in [-0.1, -0.05) is 17.7 Å². The monoisotopic (exact) mass is 245 g/mol. The first-order valence-electron chi connectivity index (χ1n) is 4.95. The Bertz CT molecular complexity index is 371. The maximum atomic E-state index is 12.8. The maximum Gasteiger partial charge on any atom is 0.224 e. The van der Waals surface area contributed by atoms with E-state index in [0.717, 1.165) is 0 Å². The molecule has 0 unspecified atom stereocenters. The van der Waals surface area contributed by atoms with E-state index in [2.05, 4.69) is 5.32 Å². The number of amides is 1. The first kappa shape index (κ1) is 12.9. The summed E-state index contributed by atoms with van der Waals surface area (Å²) in [4.78, 5) is 11.4. The molecule has 2 N–H and O–H groups in total. The van der Waals surface area contributed by atoms with Crippen molar-refractivity contribution in [3.05, 3.63) is 34.6 Å². The maximum absolute atomic E-state index is 12.8. The van der Waals surface area contributed by atoms with Crippen LogP contribution >= 0.6 is 11.6 Å². The van der Waals surface area contributed by atoms with Crippen molar-refractivity contribution in [2.75, 3.05) is 13.2 Å². The van der Waals surface area contributed by atoms with Crippen molar-refractivity contribution in [2.45, 2.75) is 12.8 Å². The second-order valence-electron chi connectivity index (χ2n) is 3.35. The lowest BCUT2D eigenvalue weighted by Gasteiger charge is -2.04. The summed E-state index contributed by atoms with van der Waals surface area (Å²) in [5.74, 6) is -0.665. The van der Waals surface area contributed by atoms with Crippen LogP contribution in [-0.2, 0) is 11.2 Å². The van der Waals surface area contributed by atoms with Gasteiger partial charge in [-0.25, -0.2) is 4.39 Å². The van der Waals surface area contributed by atoms with Gasteiger partial charge in [0.25, 0.3) is 0 Å². The second-order valence-corrected chi connectivity index (χ2v) is 3.76. The minimum absolute atomic E-state index is 0.0145. The number of nitrogens with one attached hydrogen (secondary N) is 1. The number of rotatable bonds is 5. The second kappa shape index (κ2) is 6.45. The number of aliphatic hydroxyl groups is 1. The molecular weight excluding hydrogens is 233 g/mol. The molecule has 1 aromatic rings. The Morgan fingerprint density at radius 1 is 1.50 bits per heavy atom. The summed E-state index contributed by atoms with van der Waals surface area (Å²) in [6.07, 6.45) is 0.682. The summed E-state index contributed by atoms with van der Waals surface area (Å²) in [7, 11) is 0. The Morgan fingerprint density at radius 3 is 2.88 bits per heavy atom. The molecule has 1 aromatic carbocycles. The summed E-state index contributed by atoms with van der Waals surface area (Å²) in [5, 5.41) is 11.2. The molecule has 88 valence electrons. The molecule has 5 heteroatoms. The Hall–Kier alpha value is -1.13. The van der Waals surface area contributed by atoms with Gasteiger partial charge >= 0.3 is 0 Å². The van der Waals surface area contributed by atoms with E-state index in [9.17, 15) is 9.18 Å². The number of hydrogen-bond acceptors (Lipinski definition) is 2. The SMILES string of the molecule is O=C(Cc1ccc(F)c(Cl)c1)NCCCO. The van der Waals surface area contributed by atoms with Crippen LogP contribution in [0.5, 0.6) is 0 Å². The van der Waals surface area contributed by atoms with E-state index < -0.39 is 5.82 Å². The molecule has 0 fully saturated rings. The molecule has 0 aliphatic heterocycles. The summed E-state index contributed by atoms with van der Waals surface area (Å²) in [6.45, 7) is 0.479. The van der Waals surface area contributed by atoms with Gasteiger partial charge in [0.2, 0.25) is 5.91 Å². The minimum Gasteiger partial charge on any atom is -0.396 e. The summed E-state index contributed by atoms with van der Waals surface area (Å²) >= 11 is 5.58. The molecule has 0 atom stereocenters. The van der Waals surface area contributed by atoms with Crippen molar-refractivity contribution in [3.8, 4) is 0 Å². The standard InChI is InChI=1S/C11H13ClFNO2/c12-9-6-8(2-3-10(9)13)7-11(16)14-4-1-5-15/h2-3,6,15H,1,4-5,7H2,(H,14,16). The number of carbonyl (C=O) groups excluding carboxylic acids is 1. The topological polar surface area (TPSA) is 49.3 Å². The van der Waals surface area contributed by atoms with Gasteiger partial charge in [-0.2, -0.15) is 0 Å². The summed E-state index contributed by atoms with van der Waals surface area (Å²) in [6, 6.07) is 4.19. The van der Waals surface area contributed by atoms with Gasteiger partial charge in [0, 0.05) is 13.2 Å². The van der Waals surface area contributed by atoms with E-state index in [1.807, 2.05) is 0 Å². The average molecular weight is 246 g/mol. The molecule has 0 aliphatic rings. The molecular formula is C11H13ClFNO2. The Morgan fingerprint density at radius 2 is 2.25 bits per heavy atom. The quantitative estimate of drug-likeness (QED) is 0.773. The van der Waals surface area contributed by atoms with Gasteiger partial charge in [0.05, 0.1) is 11.4 Å². The smallest absolute Gasteiger partial charge is 0.224 e. The highest BCUT2D eigenvalue weighted by Gasteiger charge is 2.05. The molecule has 0 aliphatic carbocycles. The van der Waals surface area contributed by atoms with E-state index >= 15 is 0 Å². The van der Waals surface area contributed by atoms with Crippen molar-refractivity contribution < 1.29 is 14.3 Å². The molecule has 0 aromatic heterocycles. The van der Waals surface area contributed by atoms with Crippen LogP contribution in [0.2, 0.25) is 5.02 Å². The molecule has 0 radical (unpaired) electrons. The predicted molar refractivity (Wildman–Crippen MR) is 59.8 cm³/mol. The van der Waals surface area contributed by atoms with Gasteiger partial charge in [0.1, 0.15) is 5.82 Å². The molecule has 3 nitrogen and oxygen atoms in total. The average Bonchev–Trinajstić information content (AvgIpc) is 2.24. The van der Waals surface area contributed by atoms with Crippen LogP contribution in [0.25, 0.3) is 0 Å². The Balaban J connectivity index is 2.46. The number of halogens is 2. The molecule has 0 spiro atoms. The lowest BCUT2D eigenvalue weighted by molar-refractivity contribution is -0.120. The first-order valence-corrected chi connectivity index (χ1v) is 5.32. The third-order valence-corrected chi connectivity index (χ3v) is 2.30. The zero-order valence-corrected chi connectivity index (χ0v) is 9.43. The van der Waals surface area contributed by atoms with Gasteiger partial charge in [0.15, 0.2) is 0 Å². The summed E-state index contributed by atoms with van der Waals surface area (Å²) < 4.78 is 12.8. The molecule has 0 heterocycles. The fraction of sp³-hybridized carbons (Fsp3) is 0.364. The summed E-state index contributed by atoms with van der Waals surface area (Å²) in [5.41, 5.74) is 0.660. The Labute approximate surface area is 98.2 Å². The number of aliphatic hydroxyl groups excluding tert-OH is 1. The zero-order valence-electron chi connectivity index (χ0n) is 8.67. The van der Waals surface area contributed by atoms with Crippen LogP contribution in [-0.4, -0.2) is 24.2 Å². The zero-order chi connectivity index (χ0) is 12.0. The highest BCUT2D eigenvalue weighted by Crippen LogP contribution is 2.16. The normalized spacial score (nSPS) is 10.2. The third-order valence-electron chi connectivity index (χ3n) is 2.01. The van der Waals surface area contributed by atoms with Crippen LogP contribution in [0.15, 0.2) is 18.2 Å². The highest BCUT2D eigenvalue weighted by atomic mass is 35.5. The molecule has 0 saturated heterocycles. The Kier molecular flexibility index (Phi) is 5.22. The van der Waals surface area contributed by atoms with Crippen LogP contribution in [0.4, 0.5) is 4.39 Å². The molecule has 0 bridgehead atoms. The lowest BCUT2D eigenvalue weighted by atomic mass is 10.1. The van der Waals surface area contributed by atoms with E-state index in [4.69, 9.17) is 16.7 Å². The predicted octanol–water partition coefficient (Wildman–Crippen LogP) is 1.52. The number of benzene rings is 1.